The summed E-state index contributed by atoms with van der Waals surface area (Å²) in [6, 6.07) is 11.8. The van der Waals surface area contributed by atoms with Crippen molar-refractivity contribution in [2.75, 3.05) is 5.32 Å². The molecular weight excluding hydrogens is 258 g/mol. The molecule has 1 aromatic heterocycles. The van der Waals surface area contributed by atoms with E-state index in [1.807, 2.05) is 6.07 Å². The van der Waals surface area contributed by atoms with E-state index in [1.165, 1.54) is 16.9 Å². The van der Waals surface area contributed by atoms with Crippen LogP contribution in [-0.4, -0.2) is 11.1 Å². The molecule has 2 rings (SSSR count). The van der Waals surface area contributed by atoms with Crippen LogP contribution >= 0.6 is 11.3 Å². The minimum atomic E-state index is -0.863. The average molecular weight is 275 g/mol. The maximum Gasteiger partial charge on any atom is 0.345 e. The molecule has 19 heavy (non-hydrogen) atoms. The quantitative estimate of drug-likeness (QED) is 0.860. The SMILES string of the molecule is CC(C)c1ccc(NCc2ccc(C(=O)O)s2)cc1. The third kappa shape index (κ3) is 3.58. The Morgan fingerprint density at radius 1 is 1.21 bits per heavy atom. The minimum Gasteiger partial charge on any atom is -0.477 e. The second-order valence-electron chi connectivity index (χ2n) is 4.70. The van der Waals surface area contributed by atoms with Crippen molar-refractivity contribution in [1.29, 1.82) is 0 Å². The van der Waals surface area contributed by atoms with Crippen LogP contribution in [0.15, 0.2) is 36.4 Å². The maximum absolute atomic E-state index is 10.8. The standard InChI is InChI=1S/C15H17NO2S/c1-10(2)11-3-5-12(6-4-11)16-9-13-7-8-14(19-13)15(17)18/h3-8,10,16H,9H2,1-2H3,(H,17,18). The first-order valence-electron chi connectivity index (χ1n) is 6.22. The molecule has 0 aliphatic carbocycles. The van der Waals surface area contributed by atoms with Gasteiger partial charge in [0.05, 0.1) is 0 Å². The van der Waals surface area contributed by atoms with Gasteiger partial charge in [-0.05, 0) is 35.7 Å². The normalized spacial score (nSPS) is 10.7. The first-order chi connectivity index (χ1) is 9.06. The molecule has 0 saturated carbocycles. The number of aromatic carboxylic acids is 1. The van der Waals surface area contributed by atoms with Crippen LogP contribution in [0.25, 0.3) is 0 Å². The number of hydrogen-bond acceptors (Lipinski definition) is 3. The van der Waals surface area contributed by atoms with Crippen molar-refractivity contribution < 1.29 is 9.90 Å². The number of carbonyl (C=O) groups is 1. The predicted molar refractivity (Wildman–Crippen MR) is 79.1 cm³/mol. The van der Waals surface area contributed by atoms with Crippen molar-refractivity contribution in [3.63, 3.8) is 0 Å². The Hall–Kier alpha value is -1.81. The molecule has 0 aliphatic rings. The summed E-state index contributed by atoms with van der Waals surface area (Å²) in [4.78, 5) is 12.2. The highest BCUT2D eigenvalue weighted by molar-refractivity contribution is 7.13. The lowest BCUT2D eigenvalue weighted by Crippen LogP contribution is -1.97. The van der Waals surface area contributed by atoms with E-state index in [9.17, 15) is 4.79 Å². The number of benzene rings is 1. The molecule has 0 aliphatic heterocycles. The lowest BCUT2D eigenvalue weighted by atomic mass is 10.0. The van der Waals surface area contributed by atoms with E-state index in [0.29, 0.717) is 17.3 Å². The van der Waals surface area contributed by atoms with Crippen LogP contribution in [0.4, 0.5) is 5.69 Å². The summed E-state index contributed by atoms with van der Waals surface area (Å²) in [5.41, 5.74) is 2.37. The van der Waals surface area contributed by atoms with Gasteiger partial charge in [-0.1, -0.05) is 26.0 Å². The third-order valence-electron chi connectivity index (χ3n) is 2.92. The highest BCUT2D eigenvalue weighted by Crippen LogP contribution is 2.20. The van der Waals surface area contributed by atoms with Gasteiger partial charge in [0.25, 0.3) is 0 Å². The van der Waals surface area contributed by atoms with E-state index in [0.717, 1.165) is 10.6 Å². The van der Waals surface area contributed by atoms with Crippen LogP contribution < -0.4 is 5.32 Å². The van der Waals surface area contributed by atoms with Gasteiger partial charge >= 0.3 is 5.97 Å². The van der Waals surface area contributed by atoms with Crippen LogP contribution in [0.2, 0.25) is 0 Å². The zero-order valence-electron chi connectivity index (χ0n) is 11.0. The monoisotopic (exact) mass is 275 g/mol. The second kappa shape index (κ2) is 5.89. The number of thiophene rings is 1. The second-order valence-corrected chi connectivity index (χ2v) is 5.87. The molecule has 0 atom stereocenters. The molecule has 0 fully saturated rings. The molecule has 2 N–H and O–H groups in total. The summed E-state index contributed by atoms with van der Waals surface area (Å²) >= 11 is 1.31. The molecule has 4 heteroatoms. The topological polar surface area (TPSA) is 49.3 Å². The first-order valence-corrected chi connectivity index (χ1v) is 7.04. The molecule has 0 amide bonds. The van der Waals surface area contributed by atoms with Crippen molar-refractivity contribution in [1.82, 2.24) is 0 Å². The average Bonchev–Trinajstić information content (AvgIpc) is 2.86. The first kappa shape index (κ1) is 13.6. The molecule has 0 saturated heterocycles. The zero-order chi connectivity index (χ0) is 13.8. The van der Waals surface area contributed by atoms with E-state index in [1.54, 1.807) is 6.07 Å². The van der Waals surface area contributed by atoms with Gasteiger partial charge in [-0.25, -0.2) is 4.79 Å². The van der Waals surface area contributed by atoms with E-state index in [4.69, 9.17) is 5.11 Å². The van der Waals surface area contributed by atoms with Gasteiger partial charge < -0.3 is 10.4 Å². The van der Waals surface area contributed by atoms with E-state index < -0.39 is 5.97 Å². The Morgan fingerprint density at radius 3 is 2.42 bits per heavy atom. The van der Waals surface area contributed by atoms with Crippen LogP contribution in [0.1, 0.15) is 39.9 Å². The molecule has 0 radical (unpaired) electrons. The molecule has 0 unspecified atom stereocenters. The Kier molecular flexibility index (Phi) is 4.22. The predicted octanol–water partition coefficient (Wildman–Crippen LogP) is 4.18. The van der Waals surface area contributed by atoms with Gasteiger partial charge in [0.15, 0.2) is 0 Å². The Morgan fingerprint density at radius 2 is 1.89 bits per heavy atom. The van der Waals surface area contributed by atoms with E-state index in [-0.39, 0.29) is 0 Å². The fraction of sp³-hybridized carbons (Fsp3) is 0.267. The molecule has 3 nitrogen and oxygen atoms in total. The number of rotatable bonds is 5. The lowest BCUT2D eigenvalue weighted by Gasteiger charge is -2.08. The number of carboxylic acid groups (broad SMARTS) is 1. The Labute approximate surface area is 116 Å². The number of nitrogens with one attached hydrogen (secondary N) is 1. The maximum atomic E-state index is 10.8. The summed E-state index contributed by atoms with van der Waals surface area (Å²) < 4.78 is 0. The van der Waals surface area contributed by atoms with Crippen molar-refractivity contribution in [3.05, 3.63) is 51.7 Å². The highest BCUT2D eigenvalue weighted by atomic mass is 32.1. The van der Waals surface area contributed by atoms with Crippen molar-refractivity contribution in [3.8, 4) is 0 Å². The van der Waals surface area contributed by atoms with E-state index >= 15 is 0 Å². The van der Waals surface area contributed by atoms with Crippen LogP contribution in [0.5, 0.6) is 0 Å². The van der Waals surface area contributed by atoms with Crippen LogP contribution in [0, 0.1) is 0 Å². The van der Waals surface area contributed by atoms with Crippen molar-refractivity contribution in [2.45, 2.75) is 26.3 Å². The molecule has 0 spiro atoms. The minimum absolute atomic E-state index is 0.381. The molecule has 1 heterocycles. The summed E-state index contributed by atoms with van der Waals surface area (Å²) in [5.74, 6) is -0.331. The van der Waals surface area contributed by atoms with Gasteiger partial charge in [-0.2, -0.15) is 0 Å². The van der Waals surface area contributed by atoms with E-state index in [2.05, 4.69) is 43.4 Å². The molecular formula is C15H17NO2S. The third-order valence-corrected chi connectivity index (χ3v) is 3.99. The molecule has 2 aromatic rings. The van der Waals surface area contributed by atoms with Gasteiger partial charge in [0.1, 0.15) is 4.88 Å². The Balaban J connectivity index is 1.96. The van der Waals surface area contributed by atoms with Gasteiger partial charge in [-0.3, -0.25) is 0 Å². The largest absolute Gasteiger partial charge is 0.477 e. The number of carboxylic acids is 1. The van der Waals surface area contributed by atoms with Gasteiger partial charge in [0.2, 0.25) is 0 Å². The van der Waals surface area contributed by atoms with Crippen LogP contribution in [0.3, 0.4) is 0 Å². The molecule has 100 valence electrons. The lowest BCUT2D eigenvalue weighted by molar-refractivity contribution is 0.0702. The van der Waals surface area contributed by atoms with Crippen LogP contribution in [-0.2, 0) is 6.54 Å². The fourth-order valence-electron chi connectivity index (χ4n) is 1.76. The Bertz CT molecular complexity index is 558. The summed E-state index contributed by atoms with van der Waals surface area (Å²) in [7, 11) is 0. The highest BCUT2D eigenvalue weighted by Gasteiger charge is 2.06. The van der Waals surface area contributed by atoms with Gasteiger partial charge in [0, 0.05) is 17.1 Å². The zero-order valence-corrected chi connectivity index (χ0v) is 11.8. The fourth-order valence-corrected chi connectivity index (χ4v) is 2.55. The van der Waals surface area contributed by atoms with Crippen molar-refractivity contribution in [2.24, 2.45) is 0 Å². The smallest absolute Gasteiger partial charge is 0.345 e. The molecule has 0 bridgehead atoms. The molecule has 1 aromatic carbocycles. The summed E-state index contributed by atoms with van der Waals surface area (Å²) in [6.45, 7) is 4.99. The number of hydrogen-bond donors (Lipinski definition) is 2. The summed E-state index contributed by atoms with van der Waals surface area (Å²) in [6.07, 6.45) is 0. The van der Waals surface area contributed by atoms with Gasteiger partial charge in [-0.15, -0.1) is 11.3 Å². The number of anilines is 1. The van der Waals surface area contributed by atoms with Crippen molar-refractivity contribution >= 4 is 23.0 Å². The summed E-state index contributed by atoms with van der Waals surface area (Å²) in [5, 5.41) is 12.2.